The van der Waals surface area contributed by atoms with Crippen molar-refractivity contribution in [1.29, 1.82) is 0 Å². The zero-order valence-corrected chi connectivity index (χ0v) is 22.4. The number of hydrogen-bond donors (Lipinski definition) is 0. The summed E-state index contributed by atoms with van der Waals surface area (Å²) in [7, 11) is 6.63. The molecule has 0 bridgehead atoms. The molecule has 9 atom stereocenters. The molecule has 4 aliphatic carbocycles. The molecule has 4 fully saturated rings. The second-order valence-electron chi connectivity index (χ2n) is 13.7. The molecule has 1 spiro atoms. The molecule has 186 valence electrons. The van der Waals surface area contributed by atoms with Crippen molar-refractivity contribution in [3.8, 4) is 0 Å². The fourth-order valence-electron chi connectivity index (χ4n) is 10.6. The van der Waals surface area contributed by atoms with Gasteiger partial charge in [0.15, 0.2) is 0 Å². The highest BCUT2D eigenvalue weighted by Gasteiger charge is 2.63. The normalized spacial score (nSPS) is 46.3. The molecule has 6 rings (SSSR count). The first-order valence-electron chi connectivity index (χ1n) is 14.2. The summed E-state index contributed by atoms with van der Waals surface area (Å²) in [5.74, 6) is 4.56. The zero-order valence-electron chi connectivity index (χ0n) is 22.4. The smallest absolute Gasteiger partial charge is 0.254 e. The van der Waals surface area contributed by atoms with E-state index in [1.54, 1.807) is 0 Å². The number of rotatable bonds is 2. The molecule has 1 heterocycles. The van der Waals surface area contributed by atoms with Crippen LogP contribution in [0, 0.1) is 40.4 Å². The van der Waals surface area contributed by atoms with Crippen molar-refractivity contribution in [1.82, 2.24) is 9.80 Å². The van der Waals surface area contributed by atoms with Crippen molar-refractivity contribution >= 4 is 5.91 Å². The minimum atomic E-state index is -0.0620. The number of nitrogens with zero attached hydrogens (tertiary/aromatic N) is 2. The number of carbonyl (C=O) groups is 1. The van der Waals surface area contributed by atoms with Crippen LogP contribution in [-0.4, -0.2) is 42.9 Å². The van der Waals surface area contributed by atoms with Crippen LogP contribution in [0.25, 0.3) is 0 Å². The van der Waals surface area contributed by atoms with E-state index in [9.17, 15) is 4.79 Å². The number of fused-ring (bicyclic) bond motifs is 7. The van der Waals surface area contributed by atoms with Crippen molar-refractivity contribution in [2.45, 2.75) is 90.1 Å². The fourth-order valence-corrected chi connectivity index (χ4v) is 10.6. The summed E-state index contributed by atoms with van der Waals surface area (Å²) in [6, 6.07) is 9.17. The van der Waals surface area contributed by atoms with Gasteiger partial charge in [0, 0.05) is 18.7 Å². The van der Waals surface area contributed by atoms with Crippen LogP contribution >= 0.6 is 0 Å². The summed E-state index contributed by atoms with van der Waals surface area (Å²) in [6.45, 7) is 7.81. The average molecular weight is 463 g/mol. The Morgan fingerprint density at radius 1 is 0.941 bits per heavy atom. The SMILES string of the molecule is C[C@@H]([C@H]1CC[C@H]2[C@H]3CC[C@H]4C[C@]5(CC[C@@]4(C)[C@H]3CC[C@@]12C)c1ccccc1C(=O)N5C)N(C)C. The molecule has 0 N–H and O–H groups in total. The van der Waals surface area contributed by atoms with Crippen LogP contribution in [0.3, 0.4) is 0 Å². The van der Waals surface area contributed by atoms with E-state index in [0.717, 1.165) is 41.6 Å². The van der Waals surface area contributed by atoms with Crippen LogP contribution in [0.4, 0.5) is 0 Å². The predicted octanol–water partition coefficient (Wildman–Crippen LogP) is 6.58. The van der Waals surface area contributed by atoms with Gasteiger partial charge in [0.2, 0.25) is 0 Å². The summed E-state index contributed by atoms with van der Waals surface area (Å²) in [6.07, 6.45) is 12.1. The summed E-state index contributed by atoms with van der Waals surface area (Å²) in [5.41, 5.74) is 3.19. The Morgan fingerprint density at radius 3 is 2.44 bits per heavy atom. The first kappa shape index (κ1) is 23.1. The van der Waals surface area contributed by atoms with Gasteiger partial charge in [0.1, 0.15) is 0 Å². The third kappa shape index (κ3) is 2.83. The monoisotopic (exact) mass is 462 g/mol. The lowest BCUT2D eigenvalue weighted by atomic mass is 9.43. The van der Waals surface area contributed by atoms with E-state index in [1.165, 1.54) is 56.9 Å². The molecule has 3 heteroatoms. The molecule has 1 aliphatic heterocycles. The quantitative estimate of drug-likeness (QED) is 0.496. The van der Waals surface area contributed by atoms with Crippen LogP contribution in [0.2, 0.25) is 0 Å². The molecule has 1 amide bonds. The number of carbonyl (C=O) groups excluding carboxylic acids is 1. The molecule has 0 unspecified atom stereocenters. The maximum Gasteiger partial charge on any atom is 0.254 e. The highest BCUT2D eigenvalue weighted by Crippen LogP contribution is 2.69. The second-order valence-corrected chi connectivity index (χ2v) is 13.7. The van der Waals surface area contributed by atoms with Crippen molar-refractivity contribution in [3.05, 3.63) is 35.4 Å². The van der Waals surface area contributed by atoms with Gasteiger partial charge in [-0.1, -0.05) is 32.0 Å². The topological polar surface area (TPSA) is 23.6 Å². The first-order chi connectivity index (χ1) is 16.1. The number of benzene rings is 1. The van der Waals surface area contributed by atoms with E-state index >= 15 is 0 Å². The standard InChI is InChI=1S/C31H46N2O/c1-20(32(4)5)24-13-14-25-22-12-11-21-19-31(27-10-8-7-9-23(27)28(34)33(31)6)18-17-29(21,2)26(22)15-16-30(24,25)3/h7-10,20-22,24-26H,11-19H2,1-6H3/t20-,21-,22+,24+,25-,26-,29+,30-,31+/m0/s1. The highest BCUT2D eigenvalue weighted by molar-refractivity contribution is 5.99. The average Bonchev–Trinajstić information content (AvgIpc) is 3.28. The van der Waals surface area contributed by atoms with Gasteiger partial charge in [0.25, 0.3) is 5.91 Å². The Kier molecular flexibility index (Phi) is 5.14. The largest absolute Gasteiger partial charge is 0.332 e. The first-order valence-corrected chi connectivity index (χ1v) is 14.2. The van der Waals surface area contributed by atoms with E-state index in [4.69, 9.17) is 0 Å². The third-order valence-electron chi connectivity index (χ3n) is 12.8. The van der Waals surface area contributed by atoms with E-state index in [1.807, 2.05) is 6.07 Å². The van der Waals surface area contributed by atoms with Crippen molar-refractivity contribution in [2.24, 2.45) is 40.4 Å². The summed E-state index contributed by atoms with van der Waals surface area (Å²) in [4.78, 5) is 17.8. The molecule has 3 nitrogen and oxygen atoms in total. The Bertz CT molecular complexity index is 987. The molecule has 34 heavy (non-hydrogen) atoms. The molecule has 5 aliphatic rings. The van der Waals surface area contributed by atoms with Gasteiger partial charge in [-0.15, -0.1) is 0 Å². The molecule has 1 aromatic carbocycles. The third-order valence-corrected chi connectivity index (χ3v) is 12.8. The Hall–Kier alpha value is -1.35. The van der Waals surface area contributed by atoms with Crippen LogP contribution in [-0.2, 0) is 5.54 Å². The van der Waals surface area contributed by atoms with Gasteiger partial charge in [-0.2, -0.15) is 0 Å². The summed E-state index contributed by atoms with van der Waals surface area (Å²) < 4.78 is 0. The van der Waals surface area contributed by atoms with E-state index in [2.05, 4.69) is 69.9 Å². The van der Waals surface area contributed by atoms with Gasteiger partial charge in [-0.3, -0.25) is 4.79 Å². The second kappa shape index (κ2) is 7.58. The Labute approximate surface area is 207 Å². The minimum absolute atomic E-state index is 0.0620. The van der Waals surface area contributed by atoms with Gasteiger partial charge in [-0.05, 0) is 131 Å². The minimum Gasteiger partial charge on any atom is -0.332 e. The lowest BCUT2D eigenvalue weighted by molar-refractivity contribution is -0.134. The molecule has 0 radical (unpaired) electrons. The predicted molar refractivity (Wildman–Crippen MR) is 139 cm³/mol. The Balaban J connectivity index is 1.28. The zero-order chi connectivity index (χ0) is 24.0. The van der Waals surface area contributed by atoms with Crippen LogP contribution in [0.5, 0.6) is 0 Å². The van der Waals surface area contributed by atoms with E-state index in [-0.39, 0.29) is 11.4 Å². The van der Waals surface area contributed by atoms with Gasteiger partial charge in [0.05, 0.1) is 5.54 Å². The van der Waals surface area contributed by atoms with Crippen LogP contribution < -0.4 is 0 Å². The molecular formula is C31H46N2O. The van der Waals surface area contributed by atoms with Gasteiger partial charge in [-0.25, -0.2) is 0 Å². The molecule has 0 aromatic heterocycles. The maximum absolute atomic E-state index is 13.2. The summed E-state index contributed by atoms with van der Waals surface area (Å²) in [5, 5.41) is 0. The van der Waals surface area contributed by atoms with Crippen molar-refractivity contribution in [3.63, 3.8) is 0 Å². The van der Waals surface area contributed by atoms with Crippen molar-refractivity contribution < 1.29 is 4.79 Å². The number of hydrogen-bond acceptors (Lipinski definition) is 2. The van der Waals surface area contributed by atoms with E-state index < -0.39 is 0 Å². The van der Waals surface area contributed by atoms with Crippen LogP contribution in [0.1, 0.15) is 94.5 Å². The van der Waals surface area contributed by atoms with Gasteiger partial charge >= 0.3 is 0 Å². The van der Waals surface area contributed by atoms with Gasteiger partial charge < -0.3 is 9.80 Å². The molecule has 1 aromatic rings. The highest BCUT2D eigenvalue weighted by atomic mass is 16.2. The van der Waals surface area contributed by atoms with E-state index in [0.29, 0.717) is 16.9 Å². The fraction of sp³-hybridized carbons (Fsp3) is 0.774. The lowest BCUT2D eigenvalue weighted by Crippen LogP contribution is -2.57. The molecular weight excluding hydrogens is 416 g/mol. The Morgan fingerprint density at radius 2 is 1.68 bits per heavy atom. The lowest BCUT2D eigenvalue weighted by Gasteiger charge is -2.63. The molecule has 0 saturated heterocycles. The van der Waals surface area contributed by atoms with Crippen LogP contribution in [0.15, 0.2) is 24.3 Å². The summed E-state index contributed by atoms with van der Waals surface area (Å²) >= 11 is 0. The maximum atomic E-state index is 13.2. The number of amides is 1. The van der Waals surface area contributed by atoms with Crippen molar-refractivity contribution in [2.75, 3.05) is 21.1 Å². The molecule has 4 saturated carbocycles.